The Labute approximate surface area is 127 Å². The number of anilines is 1. The van der Waals surface area contributed by atoms with Crippen LogP contribution < -0.4 is 4.90 Å². The molecular weight excluding hydrogens is 292 g/mol. The highest BCUT2D eigenvalue weighted by molar-refractivity contribution is 7.99. The molecule has 2 saturated heterocycles. The number of amides is 1. The Morgan fingerprint density at radius 1 is 1.20 bits per heavy atom. The van der Waals surface area contributed by atoms with Crippen LogP contribution in [0.3, 0.4) is 0 Å². The second-order valence-electron chi connectivity index (χ2n) is 5.32. The number of thioether (sulfide) groups is 1. The Morgan fingerprint density at radius 2 is 1.90 bits per heavy atom. The summed E-state index contributed by atoms with van der Waals surface area (Å²) in [5, 5.41) is 1.00. The van der Waals surface area contributed by atoms with Gasteiger partial charge in [-0.15, -0.1) is 0 Å². The highest BCUT2D eigenvalue weighted by atomic mass is 32.2. The van der Waals surface area contributed by atoms with Gasteiger partial charge in [0.05, 0.1) is 0 Å². The van der Waals surface area contributed by atoms with Gasteiger partial charge in [-0.2, -0.15) is 16.1 Å². The normalized spacial score (nSPS) is 21.2. The topological polar surface area (TPSA) is 49.3 Å². The minimum Gasteiger partial charge on any atom is -0.347 e. The van der Waals surface area contributed by atoms with E-state index in [4.69, 9.17) is 0 Å². The predicted molar refractivity (Wildman–Crippen MR) is 83.5 cm³/mol. The first-order valence-electron chi connectivity index (χ1n) is 7.16. The molecule has 0 radical (unpaired) electrons. The van der Waals surface area contributed by atoms with E-state index < -0.39 is 0 Å². The molecule has 0 saturated carbocycles. The molecule has 2 aliphatic heterocycles. The van der Waals surface area contributed by atoms with Crippen LogP contribution in [0.5, 0.6) is 0 Å². The van der Waals surface area contributed by atoms with Gasteiger partial charge in [-0.1, -0.05) is 0 Å². The van der Waals surface area contributed by atoms with Crippen LogP contribution in [-0.4, -0.2) is 57.8 Å². The third-order valence-electron chi connectivity index (χ3n) is 3.95. The third kappa shape index (κ3) is 3.09. The van der Waals surface area contributed by atoms with E-state index in [9.17, 15) is 4.79 Å². The van der Waals surface area contributed by atoms with Gasteiger partial charge in [0.1, 0.15) is 5.82 Å². The standard InChI is InChI=1S/C13H20N4OS2/c1-10-14-13(20-15-10)17-4-2-11(3-5-17)12(18)16-6-8-19-9-7-16/h11H,2-9H2,1H3. The quantitative estimate of drug-likeness (QED) is 0.831. The molecule has 0 aliphatic carbocycles. The monoisotopic (exact) mass is 312 g/mol. The van der Waals surface area contributed by atoms with Crippen molar-refractivity contribution >= 4 is 34.3 Å². The molecule has 20 heavy (non-hydrogen) atoms. The van der Waals surface area contributed by atoms with Crippen LogP contribution in [0.25, 0.3) is 0 Å². The molecule has 0 atom stereocenters. The van der Waals surface area contributed by atoms with Crippen molar-refractivity contribution in [3.63, 3.8) is 0 Å². The van der Waals surface area contributed by atoms with E-state index >= 15 is 0 Å². The van der Waals surface area contributed by atoms with Crippen LogP contribution in [0.15, 0.2) is 0 Å². The molecule has 5 nitrogen and oxygen atoms in total. The summed E-state index contributed by atoms with van der Waals surface area (Å²) in [7, 11) is 0. The molecular formula is C13H20N4OS2. The zero-order valence-electron chi connectivity index (χ0n) is 11.7. The van der Waals surface area contributed by atoms with Crippen molar-refractivity contribution in [3.8, 4) is 0 Å². The van der Waals surface area contributed by atoms with Crippen LogP contribution >= 0.6 is 23.3 Å². The Hall–Kier alpha value is -0.820. The summed E-state index contributed by atoms with van der Waals surface area (Å²) in [6.07, 6.45) is 1.89. The molecule has 3 rings (SSSR count). The van der Waals surface area contributed by atoms with Crippen molar-refractivity contribution in [3.05, 3.63) is 5.82 Å². The number of aryl methyl sites for hydroxylation is 1. The van der Waals surface area contributed by atoms with Crippen molar-refractivity contribution in [1.29, 1.82) is 0 Å². The highest BCUT2D eigenvalue weighted by Gasteiger charge is 2.30. The lowest BCUT2D eigenvalue weighted by atomic mass is 9.95. The highest BCUT2D eigenvalue weighted by Crippen LogP contribution is 2.26. The number of piperidine rings is 1. The van der Waals surface area contributed by atoms with Crippen LogP contribution in [0.2, 0.25) is 0 Å². The summed E-state index contributed by atoms with van der Waals surface area (Å²) < 4.78 is 4.23. The van der Waals surface area contributed by atoms with Gasteiger partial charge in [0.25, 0.3) is 0 Å². The van der Waals surface area contributed by atoms with Crippen molar-refractivity contribution in [2.75, 3.05) is 42.6 Å². The van der Waals surface area contributed by atoms with Crippen molar-refractivity contribution in [2.45, 2.75) is 19.8 Å². The molecule has 0 spiro atoms. The smallest absolute Gasteiger partial charge is 0.225 e. The Morgan fingerprint density at radius 3 is 2.50 bits per heavy atom. The summed E-state index contributed by atoms with van der Waals surface area (Å²) in [6, 6.07) is 0. The van der Waals surface area contributed by atoms with Crippen LogP contribution in [0, 0.1) is 12.8 Å². The fourth-order valence-corrected chi connectivity index (χ4v) is 4.40. The average molecular weight is 312 g/mol. The van der Waals surface area contributed by atoms with Crippen LogP contribution in [0.4, 0.5) is 5.13 Å². The lowest BCUT2D eigenvalue weighted by Crippen LogP contribution is -2.45. The molecule has 0 aromatic carbocycles. The van der Waals surface area contributed by atoms with E-state index in [0.29, 0.717) is 5.91 Å². The SMILES string of the molecule is Cc1nsc(N2CCC(C(=O)N3CCSCC3)CC2)n1. The molecule has 2 aliphatic rings. The van der Waals surface area contributed by atoms with E-state index in [-0.39, 0.29) is 5.92 Å². The second kappa shape index (κ2) is 6.30. The molecule has 1 aromatic heterocycles. The summed E-state index contributed by atoms with van der Waals surface area (Å²) >= 11 is 3.41. The van der Waals surface area contributed by atoms with Gasteiger partial charge < -0.3 is 9.80 Å². The molecule has 2 fully saturated rings. The lowest BCUT2D eigenvalue weighted by Gasteiger charge is -2.35. The maximum atomic E-state index is 12.5. The number of hydrogen-bond acceptors (Lipinski definition) is 6. The van der Waals surface area contributed by atoms with Crippen molar-refractivity contribution in [2.24, 2.45) is 5.92 Å². The number of carbonyl (C=O) groups excluding carboxylic acids is 1. The molecule has 1 amide bonds. The second-order valence-corrected chi connectivity index (χ2v) is 7.28. The number of hydrogen-bond donors (Lipinski definition) is 0. The average Bonchev–Trinajstić information content (AvgIpc) is 2.94. The molecule has 3 heterocycles. The molecule has 0 bridgehead atoms. The third-order valence-corrected chi connectivity index (χ3v) is 5.77. The van der Waals surface area contributed by atoms with Gasteiger partial charge in [-0.3, -0.25) is 4.79 Å². The fraction of sp³-hybridized carbons (Fsp3) is 0.769. The zero-order valence-corrected chi connectivity index (χ0v) is 13.4. The molecule has 1 aromatic rings. The minimum atomic E-state index is 0.211. The number of aromatic nitrogens is 2. The summed E-state index contributed by atoms with van der Waals surface area (Å²) in [5.74, 6) is 3.61. The van der Waals surface area contributed by atoms with Crippen molar-refractivity contribution < 1.29 is 4.79 Å². The van der Waals surface area contributed by atoms with Gasteiger partial charge in [-0.05, 0) is 19.8 Å². The maximum absolute atomic E-state index is 12.5. The van der Waals surface area contributed by atoms with Gasteiger partial charge in [0, 0.05) is 55.1 Å². The van der Waals surface area contributed by atoms with Crippen LogP contribution in [-0.2, 0) is 4.79 Å². The zero-order chi connectivity index (χ0) is 13.9. The van der Waals surface area contributed by atoms with Crippen molar-refractivity contribution in [1.82, 2.24) is 14.3 Å². The van der Waals surface area contributed by atoms with Gasteiger partial charge in [0.2, 0.25) is 11.0 Å². The molecule has 0 unspecified atom stereocenters. The maximum Gasteiger partial charge on any atom is 0.225 e. The Kier molecular flexibility index (Phi) is 4.45. The number of rotatable bonds is 2. The minimum absolute atomic E-state index is 0.211. The van der Waals surface area contributed by atoms with Gasteiger partial charge >= 0.3 is 0 Å². The van der Waals surface area contributed by atoms with E-state index in [0.717, 1.165) is 61.5 Å². The van der Waals surface area contributed by atoms with Gasteiger partial charge in [0.15, 0.2) is 0 Å². The first-order valence-corrected chi connectivity index (χ1v) is 9.08. The van der Waals surface area contributed by atoms with E-state index in [2.05, 4.69) is 19.2 Å². The lowest BCUT2D eigenvalue weighted by molar-refractivity contribution is -0.135. The first-order chi connectivity index (χ1) is 9.74. The summed E-state index contributed by atoms with van der Waals surface area (Å²) in [5.41, 5.74) is 0. The van der Waals surface area contributed by atoms with E-state index in [1.165, 1.54) is 11.5 Å². The number of nitrogens with zero attached hydrogens (tertiary/aromatic N) is 4. The Bertz CT molecular complexity index is 465. The van der Waals surface area contributed by atoms with Crippen LogP contribution in [0.1, 0.15) is 18.7 Å². The molecule has 0 N–H and O–H groups in total. The Balaban J connectivity index is 1.54. The molecule has 7 heteroatoms. The van der Waals surface area contributed by atoms with Gasteiger partial charge in [-0.25, -0.2) is 4.98 Å². The fourth-order valence-electron chi connectivity index (χ4n) is 2.77. The first kappa shape index (κ1) is 14.1. The van der Waals surface area contributed by atoms with E-state index in [1.54, 1.807) is 0 Å². The molecule has 110 valence electrons. The summed E-state index contributed by atoms with van der Waals surface area (Å²) in [6.45, 7) is 5.63. The number of carbonyl (C=O) groups is 1. The predicted octanol–water partition coefficient (Wildman–Crippen LogP) is 1.64. The summed E-state index contributed by atoms with van der Waals surface area (Å²) in [4.78, 5) is 21.2. The van der Waals surface area contributed by atoms with E-state index in [1.807, 2.05) is 18.7 Å². The largest absolute Gasteiger partial charge is 0.347 e.